The van der Waals surface area contributed by atoms with Crippen LogP contribution in [0.5, 0.6) is 0 Å². The molecule has 1 aliphatic carbocycles. The van der Waals surface area contributed by atoms with E-state index in [-0.39, 0.29) is 5.41 Å². The Labute approximate surface area is 168 Å². The third-order valence-corrected chi connectivity index (χ3v) is 5.34. The normalized spacial score (nSPS) is 15.1. The summed E-state index contributed by atoms with van der Waals surface area (Å²) in [7, 11) is 0. The summed E-state index contributed by atoms with van der Waals surface area (Å²) in [5, 5.41) is 0. The minimum atomic E-state index is 0.188. The van der Waals surface area contributed by atoms with Gasteiger partial charge in [-0.25, -0.2) is 0 Å². The lowest BCUT2D eigenvalue weighted by atomic mass is 9.83. The zero-order valence-corrected chi connectivity index (χ0v) is 16.8. The standard InChI is InChI=1S/C27H26N/c1-27(2,3)24-16-14-21(15-17-24)20-10-12-22(13-11-20)25-8-4-5-9-26(25)23-7-6-18-28-19-23/h4-20H,1-3H3. The van der Waals surface area contributed by atoms with Gasteiger partial charge < -0.3 is 0 Å². The summed E-state index contributed by atoms with van der Waals surface area (Å²) >= 11 is 0. The number of hydrogen-bond donors (Lipinski definition) is 0. The molecule has 0 fully saturated rings. The van der Waals surface area contributed by atoms with Crippen LogP contribution in [-0.2, 0) is 5.41 Å². The van der Waals surface area contributed by atoms with Crippen molar-refractivity contribution in [3.05, 3.63) is 120 Å². The van der Waals surface area contributed by atoms with Crippen LogP contribution in [0.2, 0.25) is 0 Å². The molecule has 0 aliphatic heterocycles. The van der Waals surface area contributed by atoms with Gasteiger partial charge in [0, 0.05) is 29.8 Å². The first-order valence-electron chi connectivity index (χ1n) is 9.86. The molecule has 0 atom stereocenters. The molecular weight excluding hydrogens is 338 g/mol. The fourth-order valence-corrected chi connectivity index (χ4v) is 3.65. The van der Waals surface area contributed by atoms with Gasteiger partial charge in [-0.05, 0) is 33.7 Å². The SMILES string of the molecule is CC(C)(C)c1ccc(C2C=C[C](c3ccccc3-c3cccnc3)C=C2)cc1. The Balaban J connectivity index is 1.57. The molecule has 1 nitrogen and oxygen atoms in total. The second kappa shape index (κ2) is 7.59. The first kappa shape index (κ1) is 18.4. The van der Waals surface area contributed by atoms with Crippen molar-refractivity contribution >= 4 is 0 Å². The van der Waals surface area contributed by atoms with Crippen molar-refractivity contribution in [2.24, 2.45) is 0 Å². The van der Waals surface area contributed by atoms with Gasteiger partial charge in [0.2, 0.25) is 0 Å². The minimum absolute atomic E-state index is 0.188. The maximum absolute atomic E-state index is 4.28. The van der Waals surface area contributed by atoms with E-state index in [0.29, 0.717) is 5.92 Å². The monoisotopic (exact) mass is 364 g/mol. The van der Waals surface area contributed by atoms with Crippen LogP contribution >= 0.6 is 0 Å². The molecule has 4 rings (SSSR count). The number of benzene rings is 2. The van der Waals surface area contributed by atoms with Gasteiger partial charge in [0.1, 0.15) is 0 Å². The maximum Gasteiger partial charge on any atom is 0.0485 e. The molecule has 1 aliphatic rings. The predicted molar refractivity (Wildman–Crippen MR) is 118 cm³/mol. The van der Waals surface area contributed by atoms with Crippen LogP contribution in [0.1, 0.15) is 43.4 Å². The average Bonchev–Trinajstić information content (AvgIpc) is 2.74. The molecule has 0 unspecified atom stereocenters. The highest BCUT2D eigenvalue weighted by Gasteiger charge is 2.18. The molecular formula is C27H26N. The molecule has 139 valence electrons. The highest BCUT2D eigenvalue weighted by atomic mass is 14.6. The Hall–Kier alpha value is -2.93. The second-order valence-electron chi connectivity index (χ2n) is 8.36. The van der Waals surface area contributed by atoms with Crippen LogP contribution in [0.15, 0.2) is 97.4 Å². The van der Waals surface area contributed by atoms with Crippen molar-refractivity contribution in [1.29, 1.82) is 0 Å². The van der Waals surface area contributed by atoms with Gasteiger partial charge in [0.15, 0.2) is 0 Å². The smallest absolute Gasteiger partial charge is 0.0485 e. The highest BCUT2D eigenvalue weighted by molar-refractivity contribution is 5.72. The number of nitrogens with zero attached hydrogens (tertiary/aromatic N) is 1. The average molecular weight is 365 g/mol. The number of hydrogen-bond acceptors (Lipinski definition) is 1. The summed E-state index contributed by atoms with van der Waals surface area (Å²) in [6, 6.07) is 21.7. The zero-order valence-electron chi connectivity index (χ0n) is 16.8. The number of aromatic nitrogens is 1. The molecule has 1 radical (unpaired) electrons. The van der Waals surface area contributed by atoms with Gasteiger partial charge in [0.05, 0.1) is 0 Å². The molecule has 2 aromatic carbocycles. The van der Waals surface area contributed by atoms with E-state index in [2.05, 4.69) is 105 Å². The first-order valence-corrected chi connectivity index (χ1v) is 9.86. The van der Waals surface area contributed by atoms with Gasteiger partial charge in [-0.15, -0.1) is 0 Å². The Bertz CT molecular complexity index is 974. The third kappa shape index (κ3) is 3.84. The van der Waals surface area contributed by atoms with Gasteiger partial charge in [0.25, 0.3) is 0 Å². The van der Waals surface area contributed by atoms with Crippen LogP contribution in [0.3, 0.4) is 0 Å². The van der Waals surface area contributed by atoms with E-state index in [4.69, 9.17) is 0 Å². The van der Waals surface area contributed by atoms with Crippen LogP contribution < -0.4 is 0 Å². The van der Waals surface area contributed by atoms with Crippen molar-refractivity contribution < 1.29 is 0 Å². The summed E-state index contributed by atoms with van der Waals surface area (Å²) in [6.07, 6.45) is 12.8. The predicted octanol–water partition coefficient (Wildman–Crippen LogP) is 6.88. The molecule has 28 heavy (non-hydrogen) atoms. The molecule has 0 bridgehead atoms. The Morgan fingerprint density at radius 3 is 2.04 bits per heavy atom. The lowest BCUT2D eigenvalue weighted by Crippen LogP contribution is -2.11. The molecule has 0 amide bonds. The molecule has 3 aromatic rings. The van der Waals surface area contributed by atoms with E-state index < -0.39 is 0 Å². The largest absolute Gasteiger partial charge is 0.264 e. The number of allylic oxidation sites excluding steroid dienone is 4. The molecule has 1 heteroatoms. The highest BCUT2D eigenvalue weighted by Crippen LogP contribution is 2.34. The lowest BCUT2D eigenvalue weighted by Gasteiger charge is -2.22. The summed E-state index contributed by atoms with van der Waals surface area (Å²) in [6.45, 7) is 6.76. The van der Waals surface area contributed by atoms with Gasteiger partial charge in [-0.2, -0.15) is 0 Å². The molecule has 1 aromatic heterocycles. The van der Waals surface area contributed by atoms with Crippen molar-refractivity contribution in [3.63, 3.8) is 0 Å². The summed E-state index contributed by atoms with van der Waals surface area (Å²) in [4.78, 5) is 4.28. The molecule has 0 N–H and O–H groups in total. The van der Waals surface area contributed by atoms with Crippen LogP contribution in [0, 0.1) is 5.92 Å². The van der Waals surface area contributed by atoms with E-state index in [0.717, 1.165) is 5.56 Å². The molecule has 0 saturated carbocycles. The lowest BCUT2D eigenvalue weighted by molar-refractivity contribution is 0.590. The first-order chi connectivity index (χ1) is 13.5. The van der Waals surface area contributed by atoms with Crippen LogP contribution in [-0.4, -0.2) is 4.98 Å². The third-order valence-electron chi connectivity index (χ3n) is 5.34. The Morgan fingerprint density at radius 2 is 1.43 bits per heavy atom. The molecule has 1 heterocycles. The zero-order chi connectivity index (χ0) is 19.6. The number of pyridine rings is 1. The summed E-state index contributed by atoms with van der Waals surface area (Å²) in [5.74, 6) is 1.56. The quantitative estimate of drug-likeness (QED) is 0.494. The van der Waals surface area contributed by atoms with Gasteiger partial charge in [-0.3, -0.25) is 4.98 Å². The van der Waals surface area contributed by atoms with Crippen molar-refractivity contribution in [3.8, 4) is 11.1 Å². The topological polar surface area (TPSA) is 12.9 Å². The van der Waals surface area contributed by atoms with Gasteiger partial charge >= 0.3 is 0 Å². The Kier molecular flexibility index (Phi) is 5.00. The molecule has 0 spiro atoms. The molecule has 0 saturated heterocycles. The van der Waals surface area contributed by atoms with Crippen LogP contribution in [0.25, 0.3) is 11.1 Å². The van der Waals surface area contributed by atoms with Crippen LogP contribution in [0.4, 0.5) is 0 Å². The number of rotatable bonds is 3. The summed E-state index contributed by atoms with van der Waals surface area (Å²) < 4.78 is 0. The fraction of sp³-hybridized carbons (Fsp3) is 0.185. The van der Waals surface area contributed by atoms with E-state index in [1.807, 2.05) is 18.5 Å². The summed E-state index contributed by atoms with van der Waals surface area (Å²) in [5.41, 5.74) is 6.50. The van der Waals surface area contributed by atoms with E-state index in [9.17, 15) is 0 Å². The van der Waals surface area contributed by atoms with Crippen molar-refractivity contribution in [1.82, 2.24) is 4.98 Å². The minimum Gasteiger partial charge on any atom is -0.264 e. The Morgan fingerprint density at radius 1 is 0.750 bits per heavy atom. The van der Waals surface area contributed by atoms with Crippen molar-refractivity contribution in [2.75, 3.05) is 0 Å². The second-order valence-corrected chi connectivity index (χ2v) is 8.36. The van der Waals surface area contributed by atoms with E-state index in [1.54, 1.807) is 0 Å². The fourth-order valence-electron chi connectivity index (χ4n) is 3.65. The van der Waals surface area contributed by atoms with E-state index >= 15 is 0 Å². The van der Waals surface area contributed by atoms with Gasteiger partial charge in [-0.1, -0.05) is 99.7 Å². The van der Waals surface area contributed by atoms with Crippen molar-refractivity contribution in [2.45, 2.75) is 32.1 Å². The van der Waals surface area contributed by atoms with E-state index in [1.165, 1.54) is 28.2 Å². The maximum atomic E-state index is 4.28.